The number of nitrogens with one attached hydrogen (secondary N) is 1. The minimum Gasteiger partial charge on any atom is -0.421 e. The van der Waals surface area contributed by atoms with Crippen LogP contribution < -0.4 is 13.8 Å². The monoisotopic (exact) mass is 432 g/mol. The minimum absolute atomic E-state index is 0.213. The zero-order valence-corrected chi connectivity index (χ0v) is 17.2. The van der Waals surface area contributed by atoms with Gasteiger partial charge in [0.1, 0.15) is 12.2 Å². The Morgan fingerprint density at radius 1 is 1.30 bits per heavy atom. The lowest BCUT2D eigenvalue weighted by Gasteiger charge is -2.28. The molecule has 2 aliphatic rings. The Labute approximate surface area is 174 Å². The maximum atomic E-state index is 15.7. The van der Waals surface area contributed by atoms with Crippen LogP contribution in [0.2, 0.25) is 0 Å². The summed E-state index contributed by atoms with van der Waals surface area (Å²) in [6.45, 7) is 1.45. The van der Waals surface area contributed by atoms with Gasteiger partial charge in [-0.25, -0.2) is 18.2 Å². The molecule has 1 heterocycles. The van der Waals surface area contributed by atoms with Gasteiger partial charge in [0.15, 0.2) is 11.6 Å². The lowest BCUT2D eigenvalue weighted by Crippen LogP contribution is -2.31. The summed E-state index contributed by atoms with van der Waals surface area (Å²) in [7, 11) is -4.28. The predicted octanol–water partition coefficient (Wildman–Crippen LogP) is 2.74. The van der Waals surface area contributed by atoms with Gasteiger partial charge in [0.25, 0.3) is 5.91 Å². The van der Waals surface area contributed by atoms with Gasteiger partial charge in [0.2, 0.25) is 0 Å². The Bertz CT molecular complexity index is 1120. The highest BCUT2D eigenvalue weighted by Crippen LogP contribution is 2.42. The van der Waals surface area contributed by atoms with Crippen LogP contribution in [0, 0.1) is 11.7 Å². The molecule has 158 valence electrons. The number of nitrogens with zero attached hydrogens (tertiary/aromatic N) is 1. The van der Waals surface area contributed by atoms with Gasteiger partial charge in [0, 0.05) is 0 Å². The van der Waals surface area contributed by atoms with Gasteiger partial charge in [-0.1, -0.05) is 31.5 Å². The smallest absolute Gasteiger partial charge is 0.343 e. The number of benzene rings is 2. The topological polar surface area (TPSA) is 92.8 Å². The van der Waals surface area contributed by atoms with Gasteiger partial charge in [-0.2, -0.15) is 8.42 Å². The molecule has 1 N–H and O–H groups in total. The van der Waals surface area contributed by atoms with Crippen LogP contribution in [0.15, 0.2) is 36.4 Å². The van der Waals surface area contributed by atoms with Gasteiger partial charge >= 0.3 is 16.2 Å². The van der Waals surface area contributed by atoms with Crippen LogP contribution in [-0.2, 0) is 27.8 Å². The summed E-state index contributed by atoms with van der Waals surface area (Å²) >= 11 is 0. The first-order valence-corrected chi connectivity index (χ1v) is 11.2. The molecule has 30 heavy (non-hydrogen) atoms. The molecular weight excluding hydrogens is 411 g/mol. The maximum Gasteiger partial charge on any atom is 0.343 e. The van der Waals surface area contributed by atoms with Crippen molar-refractivity contribution in [1.29, 1.82) is 0 Å². The van der Waals surface area contributed by atoms with E-state index in [0.29, 0.717) is 28.3 Å². The first kappa shape index (κ1) is 20.3. The number of amides is 1. The summed E-state index contributed by atoms with van der Waals surface area (Å²) in [6, 6.07) is 9.66. The molecule has 0 spiro atoms. The van der Waals surface area contributed by atoms with Gasteiger partial charge in [-0.05, 0) is 54.5 Å². The molecule has 1 unspecified atom stereocenters. The van der Waals surface area contributed by atoms with Crippen molar-refractivity contribution in [2.75, 3.05) is 10.8 Å². The van der Waals surface area contributed by atoms with Crippen molar-refractivity contribution in [3.05, 3.63) is 58.9 Å². The highest BCUT2D eigenvalue weighted by Gasteiger charge is 2.39. The molecule has 0 aromatic heterocycles. The Hall–Kier alpha value is -2.94. The number of ether oxygens (including phenoxy) is 1. The molecule has 0 radical (unpaired) electrons. The van der Waals surface area contributed by atoms with Gasteiger partial charge in [-0.15, -0.1) is 0 Å². The number of carbonyl (C=O) groups excluding carboxylic acids is 2. The molecule has 1 aliphatic carbocycles. The molecule has 2 aromatic carbocycles. The van der Waals surface area contributed by atoms with Crippen LogP contribution in [0.5, 0.6) is 5.75 Å². The van der Waals surface area contributed by atoms with Crippen LogP contribution in [0.1, 0.15) is 41.3 Å². The van der Waals surface area contributed by atoms with E-state index in [1.807, 2.05) is 11.6 Å². The van der Waals surface area contributed by atoms with Gasteiger partial charge in [-0.3, -0.25) is 4.79 Å². The zero-order chi connectivity index (χ0) is 21.5. The van der Waals surface area contributed by atoms with E-state index < -0.39 is 40.1 Å². The fourth-order valence-electron chi connectivity index (χ4n) is 3.94. The van der Waals surface area contributed by atoms with Crippen LogP contribution in [0.25, 0.3) is 0 Å². The molecule has 0 saturated carbocycles. The van der Waals surface area contributed by atoms with Crippen LogP contribution in [0.3, 0.4) is 0 Å². The van der Waals surface area contributed by atoms with E-state index in [9.17, 15) is 18.0 Å². The lowest BCUT2D eigenvalue weighted by molar-refractivity contribution is -0.117. The van der Waals surface area contributed by atoms with Crippen molar-refractivity contribution >= 4 is 27.8 Å². The predicted molar refractivity (Wildman–Crippen MR) is 108 cm³/mol. The number of esters is 1. The molecule has 4 rings (SSSR count). The first-order chi connectivity index (χ1) is 14.3. The number of aryl methyl sites for hydroxylation is 1. The zero-order valence-electron chi connectivity index (χ0n) is 16.4. The van der Waals surface area contributed by atoms with E-state index in [-0.39, 0.29) is 17.2 Å². The van der Waals surface area contributed by atoms with Crippen molar-refractivity contribution in [3.63, 3.8) is 0 Å². The van der Waals surface area contributed by atoms with Crippen molar-refractivity contribution in [2.45, 2.75) is 32.6 Å². The summed E-state index contributed by atoms with van der Waals surface area (Å²) in [5.41, 5.74) is 0.934. The number of anilines is 1. The normalized spacial score (nSPS) is 19.9. The number of hydrogen-bond donors (Lipinski definition) is 1. The Morgan fingerprint density at radius 3 is 2.67 bits per heavy atom. The Balaban J connectivity index is 1.83. The number of halogens is 1. The van der Waals surface area contributed by atoms with E-state index in [0.717, 1.165) is 12.8 Å². The highest BCUT2D eigenvalue weighted by molar-refractivity contribution is 7.92. The largest absolute Gasteiger partial charge is 0.421 e. The fourth-order valence-corrected chi connectivity index (χ4v) is 5.10. The second-order valence-electron chi connectivity index (χ2n) is 7.48. The summed E-state index contributed by atoms with van der Waals surface area (Å²) in [6.07, 6.45) is 2.81. The summed E-state index contributed by atoms with van der Waals surface area (Å²) in [5, 5.41) is 0. The Morgan fingerprint density at radius 2 is 2.03 bits per heavy atom. The van der Waals surface area contributed by atoms with Gasteiger partial charge in [0.05, 0.1) is 5.56 Å². The maximum absolute atomic E-state index is 15.7. The molecule has 7 nitrogen and oxygen atoms in total. The molecule has 0 bridgehead atoms. The number of carbonyl (C=O) groups is 2. The standard InChI is InChI=1S/C21H21FN2O5S/c1-2-13-8-9-15-11-17(29-21(26)14-6-4-3-5-7-14)20(19(22)16(15)10-13)24-12-18(25)23-30(24,27)28/h3-7,11,13H,2,8-10,12H2,1H3,(H,23,25). The molecule has 1 fully saturated rings. The number of rotatable bonds is 4. The van der Waals surface area contributed by atoms with E-state index >= 15 is 4.39 Å². The average Bonchev–Trinajstić information content (AvgIpc) is 3.00. The van der Waals surface area contributed by atoms with E-state index in [1.165, 1.54) is 6.07 Å². The Kier molecular flexibility index (Phi) is 5.23. The summed E-state index contributed by atoms with van der Waals surface area (Å²) < 4.78 is 48.4. The van der Waals surface area contributed by atoms with E-state index in [4.69, 9.17) is 4.74 Å². The van der Waals surface area contributed by atoms with Gasteiger partial charge < -0.3 is 4.74 Å². The third-order valence-electron chi connectivity index (χ3n) is 5.57. The first-order valence-electron chi connectivity index (χ1n) is 9.75. The molecule has 1 aliphatic heterocycles. The quantitative estimate of drug-likeness (QED) is 0.592. The minimum atomic E-state index is -4.28. The second-order valence-corrected chi connectivity index (χ2v) is 9.08. The molecule has 1 saturated heterocycles. The third-order valence-corrected chi connectivity index (χ3v) is 6.95. The number of hydrogen-bond acceptors (Lipinski definition) is 5. The van der Waals surface area contributed by atoms with Crippen molar-refractivity contribution in [3.8, 4) is 5.75 Å². The van der Waals surface area contributed by atoms with Crippen molar-refractivity contribution < 1.29 is 27.1 Å². The fraction of sp³-hybridized carbons (Fsp3) is 0.333. The van der Waals surface area contributed by atoms with Crippen LogP contribution >= 0.6 is 0 Å². The van der Waals surface area contributed by atoms with E-state index in [2.05, 4.69) is 0 Å². The molecular formula is C21H21FN2O5S. The van der Waals surface area contributed by atoms with Crippen LogP contribution in [0.4, 0.5) is 10.1 Å². The van der Waals surface area contributed by atoms with E-state index in [1.54, 1.807) is 30.3 Å². The summed E-state index contributed by atoms with van der Waals surface area (Å²) in [4.78, 5) is 24.3. The highest BCUT2D eigenvalue weighted by atomic mass is 32.2. The van der Waals surface area contributed by atoms with Crippen molar-refractivity contribution in [1.82, 2.24) is 4.72 Å². The summed E-state index contributed by atoms with van der Waals surface area (Å²) in [5.74, 6) is -2.21. The number of fused-ring (bicyclic) bond motifs is 1. The second kappa shape index (κ2) is 7.71. The lowest BCUT2D eigenvalue weighted by atomic mass is 9.82. The molecule has 1 amide bonds. The molecule has 9 heteroatoms. The third kappa shape index (κ3) is 3.65. The van der Waals surface area contributed by atoms with Crippen LogP contribution in [-0.4, -0.2) is 26.8 Å². The average molecular weight is 432 g/mol. The van der Waals surface area contributed by atoms with Crippen molar-refractivity contribution in [2.24, 2.45) is 5.92 Å². The SMILES string of the molecule is CCC1CCc2cc(OC(=O)c3ccccc3)c(N3CC(=O)NS3(=O)=O)c(F)c2C1. The molecule has 1 atom stereocenters. The molecule has 2 aromatic rings.